The summed E-state index contributed by atoms with van der Waals surface area (Å²) in [5.74, 6) is -0.170. The molecule has 2 rings (SSSR count). The Morgan fingerprint density at radius 1 is 1.77 bits per heavy atom. The molecule has 1 aromatic rings. The summed E-state index contributed by atoms with van der Waals surface area (Å²) in [4.78, 5) is 12.6. The summed E-state index contributed by atoms with van der Waals surface area (Å²) in [6.45, 7) is 0.784. The van der Waals surface area contributed by atoms with Gasteiger partial charge in [0.05, 0.1) is 7.11 Å². The predicted molar refractivity (Wildman–Crippen MR) is 50.7 cm³/mol. The maximum Gasteiger partial charge on any atom is 0.323 e. The first kappa shape index (κ1) is 8.72. The zero-order valence-electron chi connectivity index (χ0n) is 7.37. The molecule has 4 heteroatoms. The molecule has 0 fully saturated rings. The van der Waals surface area contributed by atoms with E-state index in [1.54, 1.807) is 11.3 Å². The number of ether oxygens (including phenoxy) is 1. The molecule has 0 spiro atoms. The Labute approximate surface area is 80.7 Å². The number of rotatable bonds is 1. The van der Waals surface area contributed by atoms with Crippen molar-refractivity contribution in [1.29, 1.82) is 0 Å². The summed E-state index contributed by atoms with van der Waals surface area (Å²) < 4.78 is 4.68. The Morgan fingerprint density at radius 3 is 3.38 bits per heavy atom. The van der Waals surface area contributed by atoms with Gasteiger partial charge in [0.15, 0.2) is 0 Å². The highest BCUT2D eigenvalue weighted by atomic mass is 32.1. The van der Waals surface area contributed by atoms with Gasteiger partial charge in [-0.3, -0.25) is 10.1 Å². The van der Waals surface area contributed by atoms with Gasteiger partial charge in [-0.25, -0.2) is 0 Å². The van der Waals surface area contributed by atoms with Crippen molar-refractivity contribution in [2.45, 2.75) is 19.0 Å². The first-order valence-electron chi connectivity index (χ1n) is 4.17. The second-order valence-corrected chi connectivity index (χ2v) is 4.03. The molecular formula is C9H11NO2S. The minimum Gasteiger partial charge on any atom is -0.468 e. The fraction of sp³-hybridized carbons (Fsp3) is 0.444. The third-order valence-electron chi connectivity index (χ3n) is 2.26. The van der Waals surface area contributed by atoms with Crippen molar-refractivity contribution in [3.05, 3.63) is 21.9 Å². The van der Waals surface area contributed by atoms with Crippen molar-refractivity contribution in [1.82, 2.24) is 5.32 Å². The number of fused-ring (bicyclic) bond motifs is 1. The Hall–Kier alpha value is -0.870. The third kappa shape index (κ3) is 1.59. The molecule has 1 atom stereocenters. The molecule has 0 aromatic carbocycles. The normalized spacial score (nSPS) is 20.8. The van der Waals surface area contributed by atoms with Crippen LogP contribution in [0.25, 0.3) is 0 Å². The van der Waals surface area contributed by atoms with E-state index >= 15 is 0 Å². The number of hydrogen-bond acceptors (Lipinski definition) is 4. The molecule has 70 valence electrons. The van der Waals surface area contributed by atoms with Crippen molar-refractivity contribution in [2.75, 3.05) is 7.11 Å². The molecule has 0 amide bonds. The van der Waals surface area contributed by atoms with Gasteiger partial charge in [0.1, 0.15) is 6.04 Å². The molecule has 0 unspecified atom stereocenters. The van der Waals surface area contributed by atoms with E-state index in [-0.39, 0.29) is 12.0 Å². The zero-order chi connectivity index (χ0) is 9.26. The van der Waals surface area contributed by atoms with Crippen LogP contribution in [0, 0.1) is 0 Å². The fourth-order valence-corrected chi connectivity index (χ4v) is 2.39. The third-order valence-corrected chi connectivity index (χ3v) is 3.22. The average Bonchev–Trinajstić information content (AvgIpc) is 2.63. The van der Waals surface area contributed by atoms with E-state index in [4.69, 9.17) is 0 Å². The van der Waals surface area contributed by atoms with Gasteiger partial charge in [-0.05, 0) is 23.4 Å². The van der Waals surface area contributed by atoms with Gasteiger partial charge in [0.2, 0.25) is 0 Å². The number of thiophene rings is 1. The molecule has 0 bridgehead atoms. The van der Waals surface area contributed by atoms with Crippen LogP contribution in [0.3, 0.4) is 0 Å². The van der Waals surface area contributed by atoms with Crippen molar-refractivity contribution < 1.29 is 9.53 Å². The summed E-state index contributed by atoms with van der Waals surface area (Å²) >= 11 is 1.73. The van der Waals surface area contributed by atoms with Gasteiger partial charge in [-0.15, -0.1) is 11.3 Å². The lowest BCUT2D eigenvalue weighted by Gasteiger charge is -2.21. The lowest BCUT2D eigenvalue weighted by atomic mass is 10.0. The summed E-state index contributed by atoms with van der Waals surface area (Å²) in [6, 6.07) is 1.92. The molecule has 0 saturated carbocycles. The molecule has 1 aliphatic heterocycles. The summed E-state index contributed by atoms with van der Waals surface area (Å²) in [6.07, 6.45) is 0.755. The van der Waals surface area contributed by atoms with E-state index in [0.29, 0.717) is 0 Å². The smallest absolute Gasteiger partial charge is 0.323 e. The highest BCUT2D eigenvalue weighted by molar-refractivity contribution is 7.10. The number of carbonyl (C=O) groups is 1. The van der Waals surface area contributed by atoms with Gasteiger partial charge in [0.25, 0.3) is 0 Å². The maximum absolute atomic E-state index is 11.2. The molecular weight excluding hydrogens is 186 g/mol. The number of methoxy groups -OCH3 is 1. The highest BCUT2D eigenvalue weighted by Gasteiger charge is 2.24. The highest BCUT2D eigenvalue weighted by Crippen LogP contribution is 2.22. The monoisotopic (exact) mass is 197 g/mol. The Balaban J connectivity index is 2.13. The predicted octanol–water partition coefficient (Wildman–Crippen LogP) is 0.935. The zero-order valence-corrected chi connectivity index (χ0v) is 8.19. The van der Waals surface area contributed by atoms with Gasteiger partial charge in [-0.2, -0.15) is 0 Å². The van der Waals surface area contributed by atoms with Crippen LogP contribution in [0.2, 0.25) is 0 Å². The molecule has 2 heterocycles. The van der Waals surface area contributed by atoms with Crippen molar-refractivity contribution in [3.8, 4) is 0 Å². The lowest BCUT2D eigenvalue weighted by molar-refractivity contribution is -0.143. The van der Waals surface area contributed by atoms with E-state index in [9.17, 15) is 4.79 Å². The average molecular weight is 197 g/mol. The van der Waals surface area contributed by atoms with Crippen LogP contribution in [0.5, 0.6) is 0 Å². The van der Waals surface area contributed by atoms with Crippen LogP contribution in [0.15, 0.2) is 11.4 Å². The van der Waals surface area contributed by atoms with Crippen molar-refractivity contribution in [2.24, 2.45) is 0 Å². The minimum atomic E-state index is -0.170. The Morgan fingerprint density at radius 2 is 2.62 bits per heavy atom. The second kappa shape index (κ2) is 3.47. The Kier molecular flexibility index (Phi) is 2.33. The van der Waals surface area contributed by atoms with E-state index in [1.807, 2.05) is 0 Å². The van der Waals surface area contributed by atoms with Crippen molar-refractivity contribution >= 4 is 17.3 Å². The number of esters is 1. The van der Waals surface area contributed by atoms with Crippen LogP contribution in [-0.4, -0.2) is 19.1 Å². The molecule has 0 radical (unpaired) electrons. The van der Waals surface area contributed by atoms with E-state index in [2.05, 4.69) is 21.5 Å². The first-order valence-corrected chi connectivity index (χ1v) is 5.05. The minimum absolute atomic E-state index is 0.160. The van der Waals surface area contributed by atoms with Crippen LogP contribution in [0.4, 0.5) is 0 Å². The Bertz CT molecular complexity index is 321. The van der Waals surface area contributed by atoms with Gasteiger partial charge in [0, 0.05) is 11.4 Å². The van der Waals surface area contributed by atoms with E-state index in [0.717, 1.165) is 13.0 Å². The quantitative estimate of drug-likeness (QED) is 0.681. The topological polar surface area (TPSA) is 38.3 Å². The SMILES string of the molecule is COC(=O)[C@H]1Cc2ccsc2CN1. The van der Waals surface area contributed by atoms with Gasteiger partial charge >= 0.3 is 5.97 Å². The van der Waals surface area contributed by atoms with Gasteiger partial charge < -0.3 is 4.74 Å². The van der Waals surface area contributed by atoms with Crippen LogP contribution >= 0.6 is 11.3 Å². The lowest BCUT2D eigenvalue weighted by Crippen LogP contribution is -2.41. The van der Waals surface area contributed by atoms with E-state index in [1.165, 1.54) is 17.6 Å². The molecule has 1 N–H and O–H groups in total. The van der Waals surface area contributed by atoms with Crippen LogP contribution in [-0.2, 0) is 22.5 Å². The molecule has 0 saturated heterocycles. The van der Waals surface area contributed by atoms with Gasteiger partial charge in [-0.1, -0.05) is 0 Å². The van der Waals surface area contributed by atoms with Crippen molar-refractivity contribution in [3.63, 3.8) is 0 Å². The molecule has 0 aliphatic carbocycles. The van der Waals surface area contributed by atoms with Crippen LogP contribution in [0.1, 0.15) is 10.4 Å². The van der Waals surface area contributed by atoms with Crippen LogP contribution < -0.4 is 5.32 Å². The first-order chi connectivity index (χ1) is 6.31. The maximum atomic E-state index is 11.2. The summed E-state index contributed by atoms with van der Waals surface area (Å²) in [7, 11) is 1.42. The summed E-state index contributed by atoms with van der Waals surface area (Å²) in [5, 5.41) is 5.21. The number of nitrogens with one attached hydrogen (secondary N) is 1. The molecule has 3 nitrogen and oxygen atoms in total. The molecule has 13 heavy (non-hydrogen) atoms. The largest absolute Gasteiger partial charge is 0.468 e. The standard InChI is InChI=1S/C9H11NO2S/c1-12-9(11)7-4-6-2-3-13-8(6)5-10-7/h2-3,7,10H,4-5H2,1H3/t7-/m1/s1. The fourth-order valence-electron chi connectivity index (χ4n) is 1.52. The summed E-state index contributed by atoms with van der Waals surface area (Å²) in [5.41, 5.74) is 1.28. The molecule has 1 aliphatic rings. The number of carbonyl (C=O) groups excluding carboxylic acids is 1. The van der Waals surface area contributed by atoms with E-state index < -0.39 is 0 Å². The molecule has 1 aromatic heterocycles. The number of hydrogen-bond donors (Lipinski definition) is 1. The second-order valence-electron chi connectivity index (χ2n) is 3.03.